The molecule has 80 heavy (non-hydrogen) atoms. The van der Waals surface area contributed by atoms with Gasteiger partial charge in [-0.2, -0.15) is 0 Å². The quantitative estimate of drug-likeness (QED) is 0.150. The molecule has 0 amide bonds. The average molecular weight is 1020 g/mol. The third-order valence-corrected chi connectivity index (χ3v) is 17.0. The first-order chi connectivity index (χ1) is 39.7. The lowest BCUT2D eigenvalue weighted by Crippen LogP contribution is -2.36. The summed E-state index contributed by atoms with van der Waals surface area (Å²) in [4.78, 5) is 5.00. The maximum Gasteiger partial charge on any atom is 0.0755 e. The number of hydrogen-bond donors (Lipinski definition) is 0. The summed E-state index contributed by atoms with van der Waals surface area (Å²) in [6.45, 7) is 0. The van der Waals surface area contributed by atoms with Crippen molar-refractivity contribution in [2.24, 2.45) is 0 Å². The van der Waals surface area contributed by atoms with Crippen LogP contribution >= 0.6 is 0 Å². The Labute approximate surface area is 465 Å². The number of aromatic nitrogens is 1. The highest BCUT2D eigenvalue weighted by molar-refractivity contribution is 6.10. The molecule has 2 heterocycles. The molecule has 3 heteroatoms. The molecule has 2 aliphatic rings. The van der Waals surface area contributed by atoms with E-state index in [0.29, 0.717) is 0 Å². The van der Waals surface area contributed by atoms with E-state index in [1.54, 1.807) is 0 Å². The largest absolute Gasteiger partial charge is 0.310 e. The summed E-state index contributed by atoms with van der Waals surface area (Å²) >= 11 is 0. The molecule has 374 valence electrons. The van der Waals surface area contributed by atoms with Gasteiger partial charge in [0.15, 0.2) is 0 Å². The maximum absolute atomic E-state index is 2.54. The van der Waals surface area contributed by atoms with Crippen LogP contribution in [0.1, 0.15) is 22.3 Å². The molecule has 1 spiro atoms. The molecular weight excluding hydrogens is 967 g/mol. The van der Waals surface area contributed by atoms with E-state index < -0.39 is 5.41 Å². The number of nitrogens with zero attached hydrogens (tertiary/aromatic N) is 3. The van der Waals surface area contributed by atoms with Crippen LogP contribution in [0.4, 0.5) is 34.1 Å². The summed E-state index contributed by atoms with van der Waals surface area (Å²) in [6.07, 6.45) is 0. The van der Waals surface area contributed by atoms with Crippen molar-refractivity contribution in [3.8, 4) is 50.2 Å². The standard InChI is InChI=1S/C77H51N3/c1-2-26-55(27-3-1)79-73-44-18-13-38-67(73)77(68-39-14-19-45-74(68)79)66-37-12-8-35-65(66)76-69(77)40-22-46-75(76)78(70-41-15-9-32-62(70)61-31-7-6-30-60(61)59-36-21-24-53-23-4-5-29-58(53)59)56-49-47-52(48-50-56)54-25-20-28-57(51-54)80-71-42-16-10-33-63(71)64-34-11-17-43-72(64)80/h1-51H. The van der Waals surface area contributed by atoms with Crippen molar-refractivity contribution in [3.63, 3.8) is 0 Å². The van der Waals surface area contributed by atoms with E-state index >= 15 is 0 Å². The number of rotatable bonds is 8. The minimum absolute atomic E-state index is 0.627. The van der Waals surface area contributed by atoms with Crippen LogP contribution in [0.2, 0.25) is 0 Å². The van der Waals surface area contributed by atoms with Crippen molar-refractivity contribution >= 4 is 66.7 Å². The van der Waals surface area contributed by atoms with Gasteiger partial charge in [-0.3, -0.25) is 0 Å². The smallest absolute Gasteiger partial charge is 0.0755 e. The predicted molar refractivity (Wildman–Crippen MR) is 335 cm³/mol. The highest BCUT2D eigenvalue weighted by atomic mass is 15.2. The van der Waals surface area contributed by atoms with Crippen LogP contribution < -0.4 is 9.80 Å². The minimum atomic E-state index is -0.627. The second-order valence-corrected chi connectivity index (χ2v) is 21.1. The maximum atomic E-state index is 2.54. The summed E-state index contributed by atoms with van der Waals surface area (Å²) in [5.74, 6) is 0. The molecule has 14 aromatic rings. The van der Waals surface area contributed by atoms with Gasteiger partial charge >= 0.3 is 0 Å². The molecule has 0 bridgehead atoms. The Kier molecular flexibility index (Phi) is 10.5. The van der Waals surface area contributed by atoms with Crippen molar-refractivity contribution in [3.05, 3.63) is 332 Å². The first-order valence-electron chi connectivity index (χ1n) is 27.7. The van der Waals surface area contributed by atoms with Gasteiger partial charge in [0.25, 0.3) is 0 Å². The predicted octanol–water partition coefficient (Wildman–Crippen LogP) is 20.6. The van der Waals surface area contributed by atoms with Gasteiger partial charge in [0.1, 0.15) is 0 Å². The lowest BCUT2D eigenvalue weighted by molar-refractivity contribution is 0.752. The van der Waals surface area contributed by atoms with E-state index in [4.69, 9.17) is 0 Å². The molecule has 3 nitrogen and oxygen atoms in total. The van der Waals surface area contributed by atoms with Gasteiger partial charge in [0, 0.05) is 39.0 Å². The highest BCUT2D eigenvalue weighted by Gasteiger charge is 2.52. The summed E-state index contributed by atoms with van der Waals surface area (Å²) < 4.78 is 2.40. The molecule has 13 aromatic carbocycles. The van der Waals surface area contributed by atoms with Crippen LogP contribution in [0.15, 0.2) is 309 Å². The number of benzene rings is 13. The van der Waals surface area contributed by atoms with Crippen LogP contribution in [-0.2, 0) is 5.41 Å². The Bertz CT molecular complexity index is 4630. The van der Waals surface area contributed by atoms with Crippen molar-refractivity contribution < 1.29 is 0 Å². The molecule has 1 aromatic heterocycles. The molecule has 0 atom stereocenters. The molecule has 1 aliphatic heterocycles. The first-order valence-corrected chi connectivity index (χ1v) is 27.7. The third kappa shape index (κ3) is 6.81. The van der Waals surface area contributed by atoms with E-state index in [-0.39, 0.29) is 0 Å². The molecule has 0 radical (unpaired) electrons. The molecule has 0 saturated carbocycles. The highest BCUT2D eigenvalue weighted by Crippen LogP contribution is 2.65. The van der Waals surface area contributed by atoms with Crippen LogP contribution in [0, 0.1) is 0 Å². The lowest BCUT2D eigenvalue weighted by Gasteiger charge is -2.45. The van der Waals surface area contributed by atoms with Crippen LogP contribution in [0.5, 0.6) is 0 Å². The Morgan fingerprint density at radius 1 is 0.287 bits per heavy atom. The minimum Gasteiger partial charge on any atom is -0.310 e. The fourth-order valence-corrected chi connectivity index (χ4v) is 13.7. The number of para-hydroxylation sites is 6. The molecule has 0 saturated heterocycles. The van der Waals surface area contributed by atoms with E-state index in [0.717, 1.165) is 45.1 Å². The summed E-state index contributed by atoms with van der Waals surface area (Å²) in [5, 5.41) is 4.96. The topological polar surface area (TPSA) is 11.4 Å². The number of hydrogen-bond acceptors (Lipinski definition) is 2. The van der Waals surface area contributed by atoms with Crippen LogP contribution in [-0.4, -0.2) is 4.57 Å². The van der Waals surface area contributed by atoms with E-state index in [1.807, 2.05) is 0 Å². The SMILES string of the molecule is c1ccc(N2c3ccccc3C3(c4ccccc4-c4c(N(c5ccc(-c6cccc(-n7c8ccccc8c8ccccc87)c6)cc5)c5ccccc5-c5ccccc5-c5cccc6ccccc56)cccc43)c3ccccc32)cc1. The van der Waals surface area contributed by atoms with Crippen molar-refractivity contribution in [2.45, 2.75) is 5.41 Å². The monoisotopic (exact) mass is 1020 g/mol. The van der Waals surface area contributed by atoms with Crippen molar-refractivity contribution in [1.82, 2.24) is 4.57 Å². The molecule has 0 N–H and O–H groups in total. The zero-order chi connectivity index (χ0) is 52.7. The van der Waals surface area contributed by atoms with Gasteiger partial charge in [-0.05, 0) is 139 Å². The van der Waals surface area contributed by atoms with Crippen LogP contribution in [0.3, 0.4) is 0 Å². The normalized spacial score (nSPS) is 12.8. The van der Waals surface area contributed by atoms with Gasteiger partial charge < -0.3 is 14.4 Å². The zero-order valence-corrected chi connectivity index (χ0v) is 43.8. The Balaban J connectivity index is 0.924. The Morgan fingerprint density at radius 2 is 0.775 bits per heavy atom. The van der Waals surface area contributed by atoms with Gasteiger partial charge in [-0.25, -0.2) is 0 Å². The molecule has 0 unspecified atom stereocenters. The van der Waals surface area contributed by atoms with E-state index in [2.05, 4.69) is 324 Å². The fraction of sp³-hybridized carbons (Fsp3) is 0.0130. The molecule has 0 fully saturated rings. The second kappa shape index (κ2) is 18.3. The van der Waals surface area contributed by atoms with Gasteiger partial charge in [0.05, 0.1) is 39.2 Å². The van der Waals surface area contributed by atoms with Crippen LogP contribution in [0.25, 0.3) is 82.8 Å². The Morgan fingerprint density at radius 3 is 1.50 bits per heavy atom. The summed E-state index contributed by atoms with van der Waals surface area (Å²) in [7, 11) is 0. The third-order valence-electron chi connectivity index (χ3n) is 17.0. The van der Waals surface area contributed by atoms with Crippen molar-refractivity contribution in [2.75, 3.05) is 9.80 Å². The average Bonchev–Trinajstić information content (AvgIpc) is 4.24. The van der Waals surface area contributed by atoms with Gasteiger partial charge in [0.2, 0.25) is 0 Å². The van der Waals surface area contributed by atoms with E-state index in [1.165, 1.54) is 94.0 Å². The zero-order valence-electron chi connectivity index (χ0n) is 43.8. The lowest BCUT2D eigenvalue weighted by atomic mass is 9.64. The van der Waals surface area contributed by atoms with E-state index in [9.17, 15) is 0 Å². The summed E-state index contributed by atoms with van der Waals surface area (Å²) in [5.41, 5.74) is 24.2. The summed E-state index contributed by atoms with van der Waals surface area (Å²) in [6, 6.07) is 114. The number of anilines is 6. The number of fused-ring (bicyclic) bond motifs is 13. The fourth-order valence-electron chi connectivity index (χ4n) is 13.7. The van der Waals surface area contributed by atoms with Gasteiger partial charge in [-0.1, -0.05) is 237 Å². The second-order valence-electron chi connectivity index (χ2n) is 21.1. The first kappa shape index (κ1) is 45.7. The molecule has 16 rings (SSSR count). The molecular formula is C77H51N3. The molecule has 1 aliphatic carbocycles. The van der Waals surface area contributed by atoms with Crippen molar-refractivity contribution in [1.29, 1.82) is 0 Å². The Hall–Kier alpha value is -10.5. The van der Waals surface area contributed by atoms with Gasteiger partial charge in [-0.15, -0.1) is 0 Å².